The third kappa shape index (κ3) is 2.40. The van der Waals surface area contributed by atoms with Gasteiger partial charge in [-0.05, 0) is 23.1 Å². The molecule has 0 aliphatic carbocycles. The monoisotopic (exact) mass is 280 g/mol. The van der Waals surface area contributed by atoms with E-state index < -0.39 is 0 Å². The van der Waals surface area contributed by atoms with Crippen LogP contribution in [-0.2, 0) is 0 Å². The lowest BCUT2D eigenvalue weighted by atomic mass is 9.82. The molecule has 1 heterocycles. The Balaban J connectivity index is 2.30. The van der Waals surface area contributed by atoms with E-state index in [1.165, 1.54) is 0 Å². The minimum atomic E-state index is -0.0733. The molecule has 2 aromatic carbocycles. The molecule has 0 spiro atoms. The molecule has 3 rings (SSSR count). The van der Waals surface area contributed by atoms with Gasteiger partial charge in [0.1, 0.15) is 0 Å². The minimum absolute atomic E-state index is 0.0117. The Morgan fingerprint density at radius 1 is 0.952 bits per heavy atom. The zero-order valence-electron chi connectivity index (χ0n) is 12.6. The average molecular weight is 280 g/mol. The van der Waals surface area contributed by atoms with E-state index in [4.69, 9.17) is 0 Å². The highest BCUT2D eigenvalue weighted by atomic mass is 16.1. The number of hydrogen-bond acceptors (Lipinski definition) is 1. The number of para-hydroxylation sites is 2. The molecule has 1 aromatic heterocycles. The van der Waals surface area contributed by atoms with E-state index in [0.29, 0.717) is 0 Å². The SMILES string of the molecule is CC(C)(C)C(c1ccccc1)n1c(=O)[nH]c2ccccc21. The number of aromatic amines is 1. The van der Waals surface area contributed by atoms with Gasteiger partial charge in [-0.15, -0.1) is 0 Å². The lowest BCUT2D eigenvalue weighted by Crippen LogP contribution is -2.32. The van der Waals surface area contributed by atoms with Gasteiger partial charge in [0, 0.05) is 0 Å². The van der Waals surface area contributed by atoms with Gasteiger partial charge in [-0.1, -0.05) is 63.2 Å². The van der Waals surface area contributed by atoms with Crippen molar-refractivity contribution in [3.8, 4) is 0 Å². The predicted octanol–water partition coefficient (Wildman–Crippen LogP) is 3.97. The number of benzene rings is 2. The predicted molar refractivity (Wildman–Crippen MR) is 86.6 cm³/mol. The van der Waals surface area contributed by atoms with Gasteiger partial charge >= 0.3 is 5.69 Å². The van der Waals surface area contributed by atoms with Gasteiger partial charge < -0.3 is 4.98 Å². The molecule has 1 N–H and O–H groups in total. The van der Waals surface area contributed by atoms with Crippen molar-refractivity contribution in [2.45, 2.75) is 26.8 Å². The fourth-order valence-corrected chi connectivity index (χ4v) is 3.00. The van der Waals surface area contributed by atoms with Crippen molar-refractivity contribution in [2.24, 2.45) is 5.41 Å². The van der Waals surface area contributed by atoms with Gasteiger partial charge in [-0.25, -0.2) is 4.79 Å². The van der Waals surface area contributed by atoms with Crippen molar-refractivity contribution in [2.75, 3.05) is 0 Å². The van der Waals surface area contributed by atoms with Crippen LogP contribution >= 0.6 is 0 Å². The third-order valence-corrected chi connectivity index (χ3v) is 3.82. The smallest absolute Gasteiger partial charge is 0.306 e. The molecule has 108 valence electrons. The van der Waals surface area contributed by atoms with E-state index in [9.17, 15) is 4.79 Å². The number of nitrogens with one attached hydrogen (secondary N) is 1. The first-order valence-corrected chi connectivity index (χ1v) is 7.22. The summed E-state index contributed by atoms with van der Waals surface area (Å²) in [4.78, 5) is 15.5. The van der Waals surface area contributed by atoms with Crippen LogP contribution in [-0.4, -0.2) is 9.55 Å². The van der Waals surface area contributed by atoms with E-state index in [1.807, 2.05) is 47.0 Å². The largest absolute Gasteiger partial charge is 0.327 e. The summed E-state index contributed by atoms with van der Waals surface area (Å²) in [5.74, 6) is 0. The van der Waals surface area contributed by atoms with E-state index in [1.54, 1.807) is 0 Å². The van der Waals surface area contributed by atoms with Gasteiger partial charge in [0.15, 0.2) is 0 Å². The summed E-state index contributed by atoms with van der Waals surface area (Å²) in [7, 11) is 0. The molecule has 0 saturated heterocycles. The molecule has 1 atom stereocenters. The average Bonchev–Trinajstić information content (AvgIpc) is 2.76. The number of nitrogens with zero attached hydrogens (tertiary/aromatic N) is 1. The maximum Gasteiger partial charge on any atom is 0.327 e. The van der Waals surface area contributed by atoms with Gasteiger partial charge in [-0.3, -0.25) is 4.57 Å². The second kappa shape index (κ2) is 4.92. The van der Waals surface area contributed by atoms with Crippen molar-refractivity contribution in [3.05, 3.63) is 70.6 Å². The Labute approximate surface area is 124 Å². The lowest BCUT2D eigenvalue weighted by molar-refractivity contribution is 0.284. The quantitative estimate of drug-likeness (QED) is 0.758. The molecule has 0 bridgehead atoms. The van der Waals surface area contributed by atoms with E-state index in [2.05, 4.69) is 37.9 Å². The lowest BCUT2D eigenvalue weighted by Gasteiger charge is -2.32. The Morgan fingerprint density at radius 2 is 1.57 bits per heavy atom. The maximum absolute atomic E-state index is 12.5. The molecule has 21 heavy (non-hydrogen) atoms. The zero-order chi connectivity index (χ0) is 15.0. The second-order valence-electron chi connectivity index (χ2n) is 6.50. The van der Waals surface area contributed by atoms with Crippen LogP contribution in [0.1, 0.15) is 32.4 Å². The summed E-state index contributed by atoms with van der Waals surface area (Å²) < 4.78 is 1.88. The van der Waals surface area contributed by atoms with Crippen molar-refractivity contribution in [3.63, 3.8) is 0 Å². The highest BCUT2D eigenvalue weighted by molar-refractivity contribution is 5.75. The highest BCUT2D eigenvalue weighted by Gasteiger charge is 2.30. The van der Waals surface area contributed by atoms with E-state index >= 15 is 0 Å². The first kappa shape index (κ1) is 13.7. The number of H-pyrrole nitrogens is 1. The van der Waals surface area contributed by atoms with Gasteiger partial charge in [0.05, 0.1) is 17.1 Å². The Bertz CT molecular complexity index is 806. The molecule has 0 fully saturated rings. The minimum Gasteiger partial charge on any atom is -0.306 e. The highest BCUT2D eigenvalue weighted by Crippen LogP contribution is 2.36. The Kier molecular flexibility index (Phi) is 3.20. The first-order chi connectivity index (χ1) is 9.98. The van der Waals surface area contributed by atoms with Gasteiger partial charge in [-0.2, -0.15) is 0 Å². The molecule has 0 amide bonds. The molecule has 0 aliphatic rings. The summed E-state index contributed by atoms with van der Waals surface area (Å²) in [6, 6.07) is 18.1. The third-order valence-electron chi connectivity index (χ3n) is 3.82. The van der Waals surface area contributed by atoms with E-state index in [-0.39, 0.29) is 17.1 Å². The van der Waals surface area contributed by atoms with Gasteiger partial charge in [0.25, 0.3) is 0 Å². The van der Waals surface area contributed by atoms with Crippen LogP contribution in [0.5, 0.6) is 0 Å². The standard InChI is InChI=1S/C18H20N2O/c1-18(2,3)16(13-9-5-4-6-10-13)20-15-12-8-7-11-14(15)19-17(20)21/h4-12,16H,1-3H3,(H,19,21). The Morgan fingerprint density at radius 3 is 2.24 bits per heavy atom. The molecule has 1 unspecified atom stereocenters. The van der Waals surface area contributed by atoms with Crippen molar-refractivity contribution < 1.29 is 0 Å². The molecule has 0 aliphatic heterocycles. The molecule has 3 nitrogen and oxygen atoms in total. The fourth-order valence-electron chi connectivity index (χ4n) is 3.00. The summed E-state index contributed by atoms with van der Waals surface area (Å²) in [6.07, 6.45) is 0. The van der Waals surface area contributed by atoms with Crippen molar-refractivity contribution in [1.29, 1.82) is 0 Å². The van der Waals surface area contributed by atoms with Gasteiger partial charge in [0.2, 0.25) is 0 Å². The zero-order valence-corrected chi connectivity index (χ0v) is 12.6. The summed E-state index contributed by atoms with van der Waals surface area (Å²) in [5, 5.41) is 0. The molecule has 0 radical (unpaired) electrons. The van der Waals surface area contributed by atoms with Crippen LogP contribution in [0.15, 0.2) is 59.4 Å². The fraction of sp³-hybridized carbons (Fsp3) is 0.278. The summed E-state index contributed by atoms with van der Waals surface area (Å²) in [5.41, 5.74) is 2.85. The first-order valence-electron chi connectivity index (χ1n) is 7.22. The molecular weight excluding hydrogens is 260 g/mol. The molecular formula is C18H20N2O. The van der Waals surface area contributed by atoms with E-state index in [0.717, 1.165) is 16.6 Å². The number of hydrogen-bond donors (Lipinski definition) is 1. The maximum atomic E-state index is 12.5. The molecule has 3 heteroatoms. The number of fused-ring (bicyclic) bond motifs is 1. The van der Waals surface area contributed by atoms with Crippen LogP contribution in [0.2, 0.25) is 0 Å². The topological polar surface area (TPSA) is 37.8 Å². The Hall–Kier alpha value is -2.29. The summed E-state index contributed by atoms with van der Waals surface area (Å²) in [6.45, 7) is 6.50. The number of aromatic nitrogens is 2. The second-order valence-corrected chi connectivity index (χ2v) is 6.50. The van der Waals surface area contributed by atoms with Crippen LogP contribution in [0.3, 0.4) is 0 Å². The van der Waals surface area contributed by atoms with Crippen LogP contribution in [0.25, 0.3) is 11.0 Å². The summed E-state index contributed by atoms with van der Waals surface area (Å²) >= 11 is 0. The van der Waals surface area contributed by atoms with Crippen LogP contribution in [0.4, 0.5) is 0 Å². The van der Waals surface area contributed by atoms with Crippen molar-refractivity contribution in [1.82, 2.24) is 9.55 Å². The number of imidazole rings is 1. The van der Waals surface area contributed by atoms with Crippen molar-refractivity contribution >= 4 is 11.0 Å². The molecule has 3 aromatic rings. The number of rotatable bonds is 2. The van der Waals surface area contributed by atoms with Crippen LogP contribution in [0, 0.1) is 5.41 Å². The van der Waals surface area contributed by atoms with Crippen LogP contribution < -0.4 is 5.69 Å². The molecule has 0 saturated carbocycles. The normalized spacial score (nSPS) is 13.5.